The van der Waals surface area contributed by atoms with Gasteiger partial charge in [0, 0.05) is 32.2 Å². The van der Waals surface area contributed by atoms with Crippen molar-refractivity contribution in [3.63, 3.8) is 0 Å². The van der Waals surface area contributed by atoms with Crippen LogP contribution in [0.25, 0.3) is 0 Å². The van der Waals surface area contributed by atoms with Crippen molar-refractivity contribution in [3.05, 3.63) is 0 Å². The van der Waals surface area contributed by atoms with E-state index in [4.69, 9.17) is 0 Å². The van der Waals surface area contributed by atoms with Crippen LogP contribution in [-0.2, 0) is 0 Å². The molecule has 2 aliphatic rings. The maximum Gasteiger partial charge on any atom is 0.0564 e. The monoisotopic (exact) mass is 170 g/mol. The smallest absolute Gasteiger partial charge is 0.0564 e. The molecule has 12 heavy (non-hydrogen) atoms. The quantitative estimate of drug-likeness (QED) is 0.588. The number of likely N-dealkylation sites (N-methyl/N-ethyl adjacent to an activating group) is 1. The molecule has 3 nitrogen and oxygen atoms in total. The van der Waals surface area contributed by atoms with Crippen LogP contribution in [0.3, 0.4) is 0 Å². The van der Waals surface area contributed by atoms with Gasteiger partial charge in [-0.05, 0) is 19.9 Å². The average Bonchev–Trinajstić information content (AvgIpc) is 2.01. The topological polar surface area (TPSA) is 26.7 Å². The molecule has 2 rings (SSSR count). The van der Waals surface area contributed by atoms with Gasteiger partial charge in [-0.1, -0.05) is 0 Å². The number of piperidine rings is 1. The third-order valence-electron chi connectivity index (χ3n) is 3.06. The van der Waals surface area contributed by atoms with Gasteiger partial charge in [0.1, 0.15) is 0 Å². The summed E-state index contributed by atoms with van der Waals surface area (Å²) < 4.78 is 0. The maximum atomic E-state index is 9.31. The van der Waals surface area contributed by atoms with Crippen molar-refractivity contribution in [2.45, 2.75) is 25.0 Å². The Balaban J connectivity index is 1.75. The summed E-state index contributed by atoms with van der Waals surface area (Å²) in [6.07, 6.45) is 1.92. The van der Waals surface area contributed by atoms with E-state index in [0.717, 1.165) is 32.0 Å². The fraction of sp³-hybridized carbons (Fsp3) is 1.00. The van der Waals surface area contributed by atoms with Gasteiger partial charge in [-0.2, -0.15) is 0 Å². The molecular formula is C9H18N2O. The van der Waals surface area contributed by atoms with Crippen LogP contribution in [0.1, 0.15) is 12.8 Å². The second-order valence-corrected chi connectivity index (χ2v) is 4.14. The molecule has 2 heterocycles. The minimum Gasteiger partial charge on any atom is -0.393 e. The van der Waals surface area contributed by atoms with Crippen LogP contribution in [0, 0.1) is 0 Å². The van der Waals surface area contributed by atoms with Gasteiger partial charge in [0.05, 0.1) is 6.10 Å². The lowest BCUT2D eigenvalue weighted by Crippen LogP contribution is -2.59. The van der Waals surface area contributed by atoms with Crippen LogP contribution in [0.5, 0.6) is 0 Å². The summed E-state index contributed by atoms with van der Waals surface area (Å²) in [4.78, 5) is 4.86. The highest BCUT2D eigenvalue weighted by Gasteiger charge is 2.31. The molecule has 0 unspecified atom stereocenters. The van der Waals surface area contributed by atoms with Crippen molar-refractivity contribution in [3.8, 4) is 0 Å². The molecule has 0 aromatic carbocycles. The van der Waals surface area contributed by atoms with E-state index in [1.54, 1.807) is 0 Å². The second-order valence-electron chi connectivity index (χ2n) is 4.14. The normalized spacial score (nSPS) is 30.5. The highest BCUT2D eigenvalue weighted by atomic mass is 16.3. The number of aliphatic hydroxyl groups excluding tert-OH is 1. The number of rotatable bonds is 1. The van der Waals surface area contributed by atoms with Gasteiger partial charge in [0.25, 0.3) is 0 Å². The van der Waals surface area contributed by atoms with E-state index in [-0.39, 0.29) is 6.10 Å². The van der Waals surface area contributed by atoms with Crippen molar-refractivity contribution in [2.24, 2.45) is 0 Å². The summed E-state index contributed by atoms with van der Waals surface area (Å²) in [5.41, 5.74) is 0. The van der Waals surface area contributed by atoms with Gasteiger partial charge >= 0.3 is 0 Å². The lowest BCUT2D eigenvalue weighted by molar-refractivity contribution is 0.00608. The number of hydrogen-bond donors (Lipinski definition) is 1. The molecule has 0 amide bonds. The standard InChI is InChI=1S/C9H18N2O/c1-10-6-8(7-10)11-4-2-9(12)3-5-11/h8-9,12H,2-7H2,1H3. The van der Waals surface area contributed by atoms with Crippen molar-refractivity contribution in [1.82, 2.24) is 9.80 Å². The van der Waals surface area contributed by atoms with Gasteiger partial charge in [0.15, 0.2) is 0 Å². The first-order valence-electron chi connectivity index (χ1n) is 4.86. The van der Waals surface area contributed by atoms with Crippen LogP contribution >= 0.6 is 0 Å². The Labute approximate surface area is 74.0 Å². The molecule has 0 aliphatic carbocycles. The Kier molecular flexibility index (Phi) is 2.35. The van der Waals surface area contributed by atoms with Crippen LogP contribution in [0.2, 0.25) is 0 Å². The van der Waals surface area contributed by atoms with E-state index in [0.29, 0.717) is 0 Å². The third kappa shape index (κ3) is 1.63. The molecule has 0 aromatic heterocycles. The number of likely N-dealkylation sites (tertiary alicyclic amines) is 2. The fourth-order valence-corrected chi connectivity index (χ4v) is 2.15. The largest absolute Gasteiger partial charge is 0.393 e. The Morgan fingerprint density at radius 2 is 1.75 bits per heavy atom. The zero-order valence-electron chi connectivity index (χ0n) is 7.74. The average molecular weight is 170 g/mol. The molecular weight excluding hydrogens is 152 g/mol. The minimum atomic E-state index is -0.0287. The second kappa shape index (κ2) is 3.32. The molecule has 0 atom stereocenters. The Hall–Kier alpha value is -0.120. The zero-order valence-corrected chi connectivity index (χ0v) is 7.74. The molecule has 1 N–H and O–H groups in total. The maximum absolute atomic E-state index is 9.31. The summed E-state index contributed by atoms with van der Waals surface area (Å²) in [6.45, 7) is 4.63. The van der Waals surface area contributed by atoms with Crippen LogP contribution < -0.4 is 0 Å². The third-order valence-corrected chi connectivity index (χ3v) is 3.06. The van der Waals surface area contributed by atoms with Crippen LogP contribution in [0.15, 0.2) is 0 Å². The van der Waals surface area contributed by atoms with Gasteiger partial charge in [-0.3, -0.25) is 4.90 Å². The number of aliphatic hydroxyl groups is 1. The number of hydrogen-bond acceptors (Lipinski definition) is 3. The molecule has 3 heteroatoms. The molecule has 2 fully saturated rings. The summed E-state index contributed by atoms with van der Waals surface area (Å²) >= 11 is 0. The van der Waals surface area contributed by atoms with Crippen molar-refractivity contribution in [2.75, 3.05) is 33.2 Å². The first-order chi connectivity index (χ1) is 5.75. The molecule has 2 aliphatic heterocycles. The molecule has 0 spiro atoms. The van der Waals surface area contributed by atoms with E-state index in [9.17, 15) is 5.11 Å². The zero-order chi connectivity index (χ0) is 8.55. The Bertz CT molecular complexity index is 149. The molecule has 2 saturated heterocycles. The Morgan fingerprint density at radius 1 is 1.17 bits per heavy atom. The first-order valence-corrected chi connectivity index (χ1v) is 4.86. The summed E-state index contributed by atoms with van der Waals surface area (Å²) in [5.74, 6) is 0. The molecule has 0 bridgehead atoms. The Morgan fingerprint density at radius 3 is 2.25 bits per heavy atom. The minimum absolute atomic E-state index is 0.0287. The molecule has 0 aromatic rings. The highest BCUT2D eigenvalue weighted by molar-refractivity contribution is 4.88. The van der Waals surface area contributed by atoms with Gasteiger partial charge in [0.2, 0.25) is 0 Å². The van der Waals surface area contributed by atoms with E-state index in [1.165, 1.54) is 13.1 Å². The summed E-state index contributed by atoms with van der Waals surface area (Å²) in [6, 6.07) is 0.780. The summed E-state index contributed by atoms with van der Waals surface area (Å²) in [7, 11) is 2.16. The highest BCUT2D eigenvalue weighted by Crippen LogP contribution is 2.18. The predicted octanol–water partition coefficient (Wildman–Crippen LogP) is -0.243. The van der Waals surface area contributed by atoms with Crippen molar-refractivity contribution < 1.29 is 5.11 Å². The van der Waals surface area contributed by atoms with E-state index in [2.05, 4.69) is 16.8 Å². The van der Waals surface area contributed by atoms with Crippen molar-refractivity contribution >= 4 is 0 Å². The molecule has 0 saturated carbocycles. The molecule has 70 valence electrons. The first kappa shape index (κ1) is 8.48. The van der Waals surface area contributed by atoms with Crippen molar-refractivity contribution in [1.29, 1.82) is 0 Å². The van der Waals surface area contributed by atoms with Crippen LogP contribution in [0.4, 0.5) is 0 Å². The van der Waals surface area contributed by atoms with Gasteiger partial charge in [-0.15, -0.1) is 0 Å². The van der Waals surface area contributed by atoms with E-state index in [1.807, 2.05) is 0 Å². The SMILES string of the molecule is CN1CC(N2CCC(O)CC2)C1. The number of nitrogens with zero attached hydrogens (tertiary/aromatic N) is 2. The van der Waals surface area contributed by atoms with Crippen LogP contribution in [-0.4, -0.2) is 60.3 Å². The lowest BCUT2D eigenvalue weighted by Gasteiger charge is -2.45. The lowest BCUT2D eigenvalue weighted by atomic mass is 10.0. The van der Waals surface area contributed by atoms with Gasteiger partial charge < -0.3 is 10.0 Å². The fourth-order valence-electron chi connectivity index (χ4n) is 2.15. The predicted molar refractivity (Wildman–Crippen MR) is 48.1 cm³/mol. The van der Waals surface area contributed by atoms with E-state index >= 15 is 0 Å². The summed E-state index contributed by atoms with van der Waals surface area (Å²) in [5, 5.41) is 9.31. The van der Waals surface area contributed by atoms with E-state index < -0.39 is 0 Å². The van der Waals surface area contributed by atoms with Gasteiger partial charge in [-0.25, -0.2) is 0 Å². The molecule has 0 radical (unpaired) electrons.